The standard InChI is InChI=1S/C20H13Cl2N3O/c21-15-7-9-16(10-8-15)25-11-3-4-17(25)12-14(13-23)20(26)24-19-6-2-1-5-18(19)22/h1-12H,(H,24,26)/b14-12-. The molecule has 0 atom stereocenters. The molecule has 2 aromatic carbocycles. The fourth-order valence-electron chi connectivity index (χ4n) is 2.40. The third kappa shape index (κ3) is 3.97. The van der Waals surface area contributed by atoms with E-state index in [0.717, 1.165) is 5.69 Å². The molecule has 1 heterocycles. The minimum atomic E-state index is -0.524. The molecule has 0 aliphatic rings. The summed E-state index contributed by atoms with van der Waals surface area (Å²) in [5, 5.41) is 13.1. The van der Waals surface area contributed by atoms with Gasteiger partial charge in [0.2, 0.25) is 0 Å². The van der Waals surface area contributed by atoms with Gasteiger partial charge in [-0.25, -0.2) is 0 Å². The van der Waals surface area contributed by atoms with Crippen LogP contribution in [0.4, 0.5) is 5.69 Å². The molecular formula is C20H13Cl2N3O. The lowest BCUT2D eigenvalue weighted by Crippen LogP contribution is -2.14. The summed E-state index contributed by atoms with van der Waals surface area (Å²) in [6.45, 7) is 0. The van der Waals surface area contributed by atoms with Gasteiger partial charge in [-0.15, -0.1) is 0 Å². The number of aromatic nitrogens is 1. The number of carbonyl (C=O) groups excluding carboxylic acids is 1. The number of nitrogens with one attached hydrogen (secondary N) is 1. The summed E-state index contributed by atoms with van der Waals surface area (Å²) in [5.41, 5.74) is 1.99. The third-order valence-electron chi connectivity index (χ3n) is 3.66. The molecule has 1 aromatic heterocycles. The van der Waals surface area contributed by atoms with Crippen LogP contribution in [-0.4, -0.2) is 10.5 Å². The Labute approximate surface area is 160 Å². The minimum absolute atomic E-state index is 0.0289. The number of anilines is 1. The average Bonchev–Trinajstić information content (AvgIpc) is 3.10. The molecular weight excluding hydrogens is 369 g/mol. The number of para-hydroxylation sites is 1. The summed E-state index contributed by atoms with van der Waals surface area (Å²) in [7, 11) is 0. The van der Waals surface area contributed by atoms with Crippen LogP contribution >= 0.6 is 23.2 Å². The number of hydrogen-bond acceptors (Lipinski definition) is 2. The number of amides is 1. The van der Waals surface area contributed by atoms with Gasteiger partial charge in [0.05, 0.1) is 10.7 Å². The van der Waals surface area contributed by atoms with Crippen molar-refractivity contribution in [3.63, 3.8) is 0 Å². The molecule has 0 unspecified atom stereocenters. The highest BCUT2D eigenvalue weighted by molar-refractivity contribution is 6.34. The predicted molar refractivity (Wildman–Crippen MR) is 104 cm³/mol. The van der Waals surface area contributed by atoms with E-state index in [1.165, 1.54) is 6.08 Å². The molecule has 128 valence electrons. The van der Waals surface area contributed by atoms with Gasteiger partial charge >= 0.3 is 0 Å². The van der Waals surface area contributed by atoms with Gasteiger partial charge in [-0.1, -0.05) is 35.3 Å². The first-order valence-electron chi connectivity index (χ1n) is 7.69. The van der Waals surface area contributed by atoms with E-state index in [9.17, 15) is 10.1 Å². The number of rotatable bonds is 4. The SMILES string of the molecule is N#C/C(=C/c1cccn1-c1ccc(Cl)cc1)C(=O)Nc1ccccc1Cl. The van der Waals surface area contributed by atoms with Crippen molar-refractivity contribution in [3.8, 4) is 11.8 Å². The first-order valence-corrected chi connectivity index (χ1v) is 8.45. The van der Waals surface area contributed by atoms with Crippen LogP contribution in [0.5, 0.6) is 0 Å². The van der Waals surface area contributed by atoms with E-state index in [2.05, 4.69) is 5.32 Å². The first kappa shape index (κ1) is 17.8. The largest absolute Gasteiger partial charge is 0.320 e. The van der Waals surface area contributed by atoms with E-state index in [4.69, 9.17) is 23.2 Å². The Balaban J connectivity index is 1.90. The molecule has 3 aromatic rings. The Hall–Kier alpha value is -3.00. The second-order valence-corrected chi connectivity index (χ2v) is 6.23. The summed E-state index contributed by atoms with van der Waals surface area (Å²) in [4.78, 5) is 12.4. The van der Waals surface area contributed by atoms with Gasteiger partial charge in [0.1, 0.15) is 11.6 Å². The molecule has 0 fully saturated rings. The van der Waals surface area contributed by atoms with Crippen LogP contribution in [0.25, 0.3) is 11.8 Å². The maximum atomic E-state index is 12.4. The van der Waals surface area contributed by atoms with Gasteiger partial charge in [-0.2, -0.15) is 5.26 Å². The molecule has 0 saturated carbocycles. The molecule has 26 heavy (non-hydrogen) atoms. The van der Waals surface area contributed by atoms with Gasteiger partial charge in [0.15, 0.2) is 0 Å². The molecule has 6 heteroatoms. The molecule has 0 bridgehead atoms. The Bertz CT molecular complexity index is 1010. The van der Waals surface area contributed by atoms with E-state index in [1.54, 1.807) is 36.4 Å². The first-order chi connectivity index (χ1) is 12.6. The Morgan fingerprint density at radius 1 is 1.04 bits per heavy atom. The minimum Gasteiger partial charge on any atom is -0.320 e. The van der Waals surface area contributed by atoms with Crippen molar-refractivity contribution in [2.24, 2.45) is 0 Å². The number of carbonyl (C=O) groups is 1. The molecule has 0 saturated heterocycles. The van der Waals surface area contributed by atoms with Crippen molar-refractivity contribution in [2.75, 3.05) is 5.32 Å². The van der Waals surface area contributed by atoms with Gasteiger partial charge in [0, 0.05) is 22.6 Å². The van der Waals surface area contributed by atoms with Crippen LogP contribution in [0, 0.1) is 11.3 Å². The summed E-state index contributed by atoms with van der Waals surface area (Å²) in [6, 6.07) is 19.7. The molecule has 4 nitrogen and oxygen atoms in total. The lowest BCUT2D eigenvalue weighted by molar-refractivity contribution is -0.112. The average molecular weight is 382 g/mol. The zero-order chi connectivity index (χ0) is 18.5. The number of nitriles is 1. The number of hydrogen-bond donors (Lipinski definition) is 1. The molecule has 3 rings (SSSR count). The zero-order valence-corrected chi connectivity index (χ0v) is 15.0. The summed E-state index contributed by atoms with van der Waals surface area (Å²) < 4.78 is 1.86. The zero-order valence-electron chi connectivity index (χ0n) is 13.5. The number of benzene rings is 2. The maximum Gasteiger partial charge on any atom is 0.266 e. The normalized spacial score (nSPS) is 11.0. The molecule has 0 spiro atoms. The monoisotopic (exact) mass is 381 g/mol. The Morgan fingerprint density at radius 3 is 2.46 bits per heavy atom. The van der Waals surface area contributed by atoms with Crippen LogP contribution in [0.2, 0.25) is 10.0 Å². The van der Waals surface area contributed by atoms with Gasteiger partial charge in [-0.3, -0.25) is 4.79 Å². The van der Waals surface area contributed by atoms with Crippen LogP contribution in [0.1, 0.15) is 5.69 Å². The molecule has 1 amide bonds. The van der Waals surface area contributed by atoms with Crippen molar-refractivity contribution in [2.45, 2.75) is 0 Å². The molecule has 0 aliphatic heterocycles. The molecule has 0 aliphatic carbocycles. The van der Waals surface area contributed by atoms with Gasteiger partial charge in [0.25, 0.3) is 5.91 Å². The summed E-state index contributed by atoms with van der Waals surface area (Å²) >= 11 is 12.0. The van der Waals surface area contributed by atoms with Gasteiger partial charge < -0.3 is 9.88 Å². The predicted octanol–water partition coefficient (Wildman–Crippen LogP) is 5.33. The Morgan fingerprint density at radius 2 is 1.77 bits per heavy atom. The van der Waals surface area contributed by atoms with Crippen molar-refractivity contribution in [1.82, 2.24) is 4.57 Å². The van der Waals surface area contributed by atoms with E-state index in [1.807, 2.05) is 41.1 Å². The van der Waals surface area contributed by atoms with E-state index < -0.39 is 5.91 Å². The van der Waals surface area contributed by atoms with Crippen LogP contribution in [-0.2, 0) is 4.79 Å². The van der Waals surface area contributed by atoms with Gasteiger partial charge in [-0.05, 0) is 54.6 Å². The quantitative estimate of drug-likeness (QED) is 0.490. The van der Waals surface area contributed by atoms with Crippen LogP contribution in [0.15, 0.2) is 72.4 Å². The fraction of sp³-hybridized carbons (Fsp3) is 0. The lowest BCUT2D eigenvalue weighted by Gasteiger charge is -2.08. The van der Waals surface area contributed by atoms with Crippen molar-refractivity contribution in [3.05, 3.63) is 88.2 Å². The Kier molecular flexibility index (Phi) is 5.43. The van der Waals surface area contributed by atoms with E-state index in [0.29, 0.717) is 21.4 Å². The highest BCUT2D eigenvalue weighted by Crippen LogP contribution is 2.22. The second kappa shape index (κ2) is 7.92. The highest BCUT2D eigenvalue weighted by Gasteiger charge is 2.12. The summed E-state index contributed by atoms with van der Waals surface area (Å²) in [5.74, 6) is -0.524. The van der Waals surface area contributed by atoms with Crippen molar-refractivity contribution < 1.29 is 4.79 Å². The number of nitrogens with zero attached hydrogens (tertiary/aromatic N) is 2. The molecule has 1 N–H and O–H groups in total. The van der Waals surface area contributed by atoms with E-state index in [-0.39, 0.29) is 5.57 Å². The third-order valence-corrected chi connectivity index (χ3v) is 4.25. The fourth-order valence-corrected chi connectivity index (χ4v) is 2.71. The summed E-state index contributed by atoms with van der Waals surface area (Å²) in [6.07, 6.45) is 3.37. The van der Waals surface area contributed by atoms with Crippen LogP contribution < -0.4 is 5.32 Å². The molecule has 0 radical (unpaired) electrons. The maximum absolute atomic E-state index is 12.4. The van der Waals surface area contributed by atoms with Crippen molar-refractivity contribution >= 4 is 40.9 Å². The topological polar surface area (TPSA) is 57.8 Å². The van der Waals surface area contributed by atoms with E-state index >= 15 is 0 Å². The highest BCUT2D eigenvalue weighted by atomic mass is 35.5. The van der Waals surface area contributed by atoms with Crippen LogP contribution in [0.3, 0.4) is 0 Å². The smallest absolute Gasteiger partial charge is 0.266 e. The lowest BCUT2D eigenvalue weighted by atomic mass is 10.2. The number of halogens is 2. The van der Waals surface area contributed by atoms with Crippen molar-refractivity contribution in [1.29, 1.82) is 5.26 Å². The second-order valence-electron chi connectivity index (χ2n) is 5.38.